The van der Waals surface area contributed by atoms with Gasteiger partial charge in [-0.2, -0.15) is 0 Å². The number of rotatable bonds is 6. The van der Waals surface area contributed by atoms with Gasteiger partial charge in [0, 0.05) is 8.95 Å². The summed E-state index contributed by atoms with van der Waals surface area (Å²) in [5.74, 6) is -0.950. The fourth-order valence-corrected chi connectivity index (χ4v) is 4.90. The molecule has 3 rings (SSSR count). The predicted octanol–water partition coefficient (Wildman–Crippen LogP) is 7.45. The van der Waals surface area contributed by atoms with Gasteiger partial charge in [-0.1, -0.05) is 111 Å². The van der Waals surface area contributed by atoms with Crippen molar-refractivity contribution in [3.05, 3.63) is 98.4 Å². The Hall–Kier alpha value is -1.35. The minimum atomic E-state index is -1.88. The molecule has 0 bridgehead atoms. The van der Waals surface area contributed by atoms with Gasteiger partial charge in [0.1, 0.15) is 6.17 Å². The molecule has 0 heterocycles. The Balaban J connectivity index is 1.82. The molecule has 0 aliphatic rings. The first-order valence-electron chi connectivity index (χ1n) is 10.1. The summed E-state index contributed by atoms with van der Waals surface area (Å²) in [5, 5.41) is 8.98. The molecule has 0 spiro atoms. The summed E-state index contributed by atoms with van der Waals surface area (Å²) in [4.78, 5) is 13.5. The minimum Gasteiger partial charge on any atom is -0.339 e. The molecule has 1 atom stereocenters. The number of amides is 1. The molecule has 10 heteroatoms. The Morgan fingerprint density at radius 2 is 1.41 bits per heavy atom. The summed E-state index contributed by atoms with van der Waals surface area (Å²) in [6.07, 6.45) is -1.10. The number of halogens is 5. The third kappa shape index (κ3) is 7.33. The SMILES string of the molecule is Cc1cc(NC(=S)N[C@@H](NC(=O)C(c2ccccc2)c2ccccc2)C(Cl)(Cl)Cl)c(Br)cc1Br. The average Bonchev–Trinajstić information content (AvgIpc) is 2.78. The minimum absolute atomic E-state index is 0.176. The lowest BCUT2D eigenvalue weighted by molar-refractivity contribution is -0.122. The molecule has 0 aromatic heterocycles. The Morgan fingerprint density at radius 3 is 1.91 bits per heavy atom. The van der Waals surface area contributed by atoms with Crippen molar-refractivity contribution in [2.75, 3.05) is 5.32 Å². The quantitative estimate of drug-likeness (QED) is 0.146. The summed E-state index contributed by atoms with van der Waals surface area (Å²) in [6, 6.07) is 22.6. The monoisotopic (exact) mass is 661 g/mol. The van der Waals surface area contributed by atoms with E-state index in [0.717, 1.165) is 31.3 Å². The van der Waals surface area contributed by atoms with Gasteiger partial charge in [-0.25, -0.2) is 0 Å². The highest BCUT2D eigenvalue weighted by Gasteiger charge is 2.36. The van der Waals surface area contributed by atoms with E-state index in [-0.39, 0.29) is 11.0 Å². The van der Waals surface area contributed by atoms with Gasteiger partial charge in [0.2, 0.25) is 9.70 Å². The number of anilines is 1. The molecule has 0 saturated heterocycles. The number of aryl methyl sites for hydroxylation is 1. The molecule has 178 valence electrons. The van der Waals surface area contributed by atoms with Crippen molar-refractivity contribution in [3.8, 4) is 0 Å². The highest BCUT2D eigenvalue weighted by Crippen LogP contribution is 2.32. The maximum Gasteiger partial charge on any atom is 0.233 e. The first-order chi connectivity index (χ1) is 16.1. The fraction of sp³-hybridized carbons (Fsp3) is 0.167. The van der Waals surface area contributed by atoms with E-state index in [1.165, 1.54) is 0 Å². The van der Waals surface area contributed by atoms with E-state index in [0.29, 0.717) is 0 Å². The van der Waals surface area contributed by atoms with E-state index in [1.54, 1.807) is 0 Å². The molecule has 3 aromatic rings. The number of nitrogens with one attached hydrogen (secondary N) is 3. The zero-order valence-corrected chi connectivity index (χ0v) is 24.0. The standard InChI is InChI=1S/C24H20Br2Cl3N3OS/c1-14-12-19(18(26)13-17(14)25)30-23(34)32-22(24(27,28)29)31-21(33)20(15-8-4-2-5-9-15)16-10-6-3-7-11-16/h2-13,20,22H,1H3,(H,31,33)(H2,30,32,34)/t22-/m1/s1. The molecule has 4 nitrogen and oxygen atoms in total. The molecule has 0 unspecified atom stereocenters. The van der Waals surface area contributed by atoms with Crippen molar-refractivity contribution in [2.45, 2.75) is 22.8 Å². The number of thiocarbonyl (C=S) groups is 1. The summed E-state index contributed by atoms with van der Waals surface area (Å²) < 4.78 is -0.147. The van der Waals surface area contributed by atoms with Crippen LogP contribution in [0.1, 0.15) is 22.6 Å². The van der Waals surface area contributed by atoms with Crippen LogP contribution in [0, 0.1) is 6.92 Å². The first-order valence-corrected chi connectivity index (χ1v) is 13.2. The zero-order valence-electron chi connectivity index (χ0n) is 17.8. The van der Waals surface area contributed by atoms with Gasteiger partial charge in [-0.3, -0.25) is 4.79 Å². The van der Waals surface area contributed by atoms with Gasteiger partial charge in [-0.05, 0) is 63.9 Å². The maximum absolute atomic E-state index is 13.5. The molecule has 34 heavy (non-hydrogen) atoms. The van der Waals surface area contributed by atoms with E-state index in [2.05, 4.69) is 47.8 Å². The summed E-state index contributed by atoms with van der Waals surface area (Å²) >= 11 is 31.1. The third-order valence-corrected chi connectivity index (χ3v) is 7.30. The second-order valence-electron chi connectivity index (χ2n) is 7.42. The van der Waals surface area contributed by atoms with Crippen LogP contribution in [-0.2, 0) is 4.79 Å². The molecular formula is C24H20Br2Cl3N3OS. The number of hydrogen-bond donors (Lipinski definition) is 3. The number of carbonyl (C=O) groups excluding carboxylic acids is 1. The lowest BCUT2D eigenvalue weighted by Crippen LogP contribution is -2.57. The fourth-order valence-electron chi connectivity index (χ4n) is 3.25. The van der Waals surface area contributed by atoms with E-state index < -0.39 is 15.9 Å². The normalized spacial score (nSPS) is 12.2. The summed E-state index contributed by atoms with van der Waals surface area (Å²) in [5.41, 5.74) is 3.35. The third-order valence-electron chi connectivity index (χ3n) is 4.91. The van der Waals surface area contributed by atoms with Crippen LogP contribution in [0.2, 0.25) is 0 Å². The van der Waals surface area contributed by atoms with Crippen LogP contribution in [0.25, 0.3) is 0 Å². The Labute approximate surface area is 236 Å². The van der Waals surface area contributed by atoms with Crippen molar-refractivity contribution in [1.29, 1.82) is 0 Å². The van der Waals surface area contributed by atoms with Crippen molar-refractivity contribution in [2.24, 2.45) is 0 Å². The number of benzene rings is 3. The molecule has 0 radical (unpaired) electrons. The van der Waals surface area contributed by atoms with Crippen molar-refractivity contribution in [3.63, 3.8) is 0 Å². The van der Waals surface area contributed by atoms with Crippen LogP contribution < -0.4 is 16.0 Å². The Bertz CT molecular complexity index is 1120. The molecule has 1 amide bonds. The second kappa shape index (κ2) is 12.1. The molecule has 0 aliphatic heterocycles. The maximum atomic E-state index is 13.5. The Morgan fingerprint density at radius 1 is 0.882 bits per heavy atom. The summed E-state index contributed by atoms with van der Waals surface area (Å²) in [7, 11) is 0. The van der Waals surface area contributed by atoms with Gasteiger partial charge in [0.15, 0.2) is 5.11 Å². The Kier molecular flexibility index (Phi) is 9.66. The molecular weight excluding hydrogens is 645 g/mol. The van der Waals surface area contributed by atoms with Crippen LogP contribution >= 0.6 is 78.9 Å². The number of alkyl halides is 3. The van der Waals surface area contributed by atoms with Crippen LogP contribution in [0.4, 0.5) is 5.69 Å². The van der Waals surface area contributed by atoms with Crippen LogP contribution in [-0.4, -0.2) is 21.0 Å². The molecule has 3 aromatic carbocycles. The first kappa shape index (κ1) is 27.2. The topological polar surface area (TPSA) is 53.2 Å². The van der Waals surface area contributed by atoms with Crippen LogP contribution in [0.15, 0.2) is 81.7 Å². The van der Waals surface area contributed by atoms with Crippen LogP contribution in [0.3, 0.4) is 0 Å². The van der Waals surface area contributed by atoms with Gasteiger partial charge in [0.05, 0.1) is 11.6 Å². The number of carbonyl (C=O) groups is 1. The largest absolute Gasteiger partial charge is 0.339 e. The number of hydrogen-bond acceptors (Lipinski definition) is 2. The average molecular weight is 665 g/mol. The van der Waals surface area contributed by atoms with E-state index >= 15 is 0 Å². The van der Waals surface area contributed by atoms with E-state index in [9.17, 15) is 4.79 Å². The lowest BCUT2D eigenvalue weighted by Gasteiger charge is -2.30. The van der Waals surface area contributed by atoms with Crippen molar-refractivity contribution < 1.29 is 4.79 Å². The predicted molar refractivity (Wildman–Crippen MR) is 153 cm³/mol. The zero-order chi connectivity index (χ0) is 24.9. The van der Waals surface area contributed by atoms with Gasteiger partial charge >= 0.3 is 0 Å². The summed E-state index contributed by atoms with van der Waals surface area (Å²) in [6.45, 7) is 1.95. The van der Waals surface area contributed by atoms with Crippen molar-refractivity contribution >= 4 is 95.6 Å². The molecule has 3 N–H and O–H groups in total. The van der Waals surface area contributed by atoms with E-state index in [4.69, 9.17) is 47.0 Å². The van der Waals surface area contributed by atoms with Gasteiger partial charge in [-0.15, -0.1) is 0 Å². The highest BCUT2D eigenvalue weighted by molar-refractivity contribution is 9.11. The molecule has 0 saturated carbocycles. The molecule has 0 aliphatic carbocycles. The highest BCUT2D eigenvalue weighted by atomic mass is 79.9. The lowest BCUT2D eigenvalue weighted by atomic mass is 9.90. The van der Waals surface area contributed by atoms with Crippen molar-refractivity contribution in [1.82, 2.24) is 10.6 Å². The van der Waals surface area contributed by atoms with Gasteiger partial charge < -0.3 is 16.0 Å². The second-order valence-corrected chi connectivity index (χ2v) is 11.9. The smallest absolute Gasteiger partial charge is 0.233 e. The molecule has 0 fully saturated rings. The van der Waals surface area contributed by atoms with Gasteiger partial charge in [0.25, 0.3) is 0 Å². The van der Waals surface area contributed by atoms with E-state index in [1.807, 2.05) is 79.7 Å². The van der Waals surface area contributed by atoms with Crippen LogP contribution in [0.5, 0.6) is 0 Å².